The van der Waals surface area contributed by atoms with Gasteiger partial charge in [-0.3, -0.25) is 0 Å². The van der Waals surface area contributed by atoms with E-state index in [1.807, 2.05) is 27.7 Å². The van der Waals surface area contributed by atoms with Crippen LogP contribution in [0.25, 0.3) is 0 Å². The zero-order valence-electron chi connectivity index (χ0n) is 14.8. The highest BCUT2D eigenvalue weighted by atomic mass is 32.1. The number of carbonyl (C=O) groups excluding carboxylic acids is 1. The van der Waals surface area contributed by atoms with Gasteiger partial charge in [0.05, 0.1) is 22.9 Å². The zero-order valence-corrected chi connectivity index (χ0v) is 15.7. The summed E-state index contributed by atoms with van der Waals surface area (Å²) in [6.07, 6.45) is 2.40. The summed E-state index contributed by atoms with van der Waals surface area (Å²) in [5.74, 6) is 0. The van der Waals surface area contributed by atoms with Crippen LogP contribution in [0.15, 0.2) is 5.38 Å². The summed E-state index contributed by atoms with van der Waals surface area (Å²) in [4.78, 5) is 18.4. The number of hydrogen-bond donors (Lipinski definition) is 0. The molecule has 130 valence electrons. The molecule has 1 amide bonds. The topological polar surface area (TPSA) is 51.7 Å². The largest absolute Gasteiger partial charge is 0.444 e. The highest BCUT2D eigenvalue weighted by Crippen LogP contribution is 2.31. The van der Waals surface area contributed by atoms with Crippen LogP contribution in [0.1, 0.15) is 57.7 Å². The van der Waals surface area contributed by atoms with Crippen molar-refractivity contribution in [1.82, 2.24) is 9.88 Å². The Labute approximate surface area is 143 Å². The summed E-state index contributed by atoms with van der Waals surface area (Å²) in [6, 6.07) is 0. The van der Waals surface area contributed by atoms with Gasteiger partial charge in [0.15, 0.2) is 0 Å². The second kappa shape index (κ2) is 7.18. The molecule has 2 rings (SSSR count). The Morgan fingerprint density at radius 2 is 2.04 bits per heavy atom. The first-order valence-corrected chi connectivity index (χ1v) is 9.14. The molecule has 23 heavy (non-hydrogen) atoms. The van der Waals surface area contributed by atoms with E-state index in [4.69, 9.17) is 9.47 Å². The lowest BCUT2D eigenvalue weighted by molar-refractivity contribution is -0.0962. The van der Waals surface area contributed by atoms with Gasteiger partial charge in [0.1, 0.15) is 5.60 Å². The van der Waals surface area contributed by atoms with Crippen molar-refractivity contribution in [3.63, 3.8) is 0 Å². The lowest BCUT2D eigenvalue weighted by atomic mass is 9.88. The molecule has 1 aliphatic rings. The van der Waals surface area contributed by atoms with Crippen molar-refractivity contribution in [3.05, 3.63) is 16.1 Å². The molecule has 1 saturated heterocycles. The van der Waals surface area contributed by atoms with Crippen LogP contribution in [-0.4, -0.2) is 40.3 Å². The molecule has 5 nitrogen and oxygen atoms in total. The summed E-state index contributed by atoms with van der Waals surface area (Å²) < 4.78 is 11.7. The van der Waals surface area contributed by atoms with E-state index in [1.165, 1.54) is 0 Å². The molecule has 2 heterocycles. The van der Waals surface area contributed by atoms with Crippen molar-refractivity contribution in [3.8, 4) is 0 Å². The molecule has 1 aromatic rings. The Balaban J connectivity index is 1.87. The highest BCUT2D eigenvalue weighted by Gasteiger charge is 2.36. The molecule has 0 bridgehead atoms. The van der Waals surface area contributed by atoms with Crippen molar-refractivity contribution >= 4 is 17.4 Å². The predicted octanol–water partition coefficient (Wildman–Crippen LogP) is 4.15. The van der Waals surface area contributed by atoms with Crippen molar-refractivity contribution in [2.45, 2.75) is 71.7 Å². The second-order valence-electron chi connectivity index (χ2n) is 7.15. The second-order valence-corrected chi connectivity index (χ2v) is 8.21. The van der Waals surface area contributed by atoms with Crippen LogP contribution in [0.2, 0.25) is 0 Å². The molecular formula is C17H28N2O3S. The van der Waals surface area contributed by atoms with Gasteiger partial charge in [0.25, 0.3) is 0 Å². The summed E-state index contributed by atoms with van der Waals surface area (Å²) in [6.45, 7) is 11.7. The summed E-state index contributed by atoms with van der Waals surface area (Å²) in [5.41, 5.74) is 0.390. The van der Waals surface area contributed by atoms with Gasteiger partial charge in [0, 0.05) is 18.5 Å². The summed E-state index contributed by atoms with van der Waals surface area (Å²) >= 11 is 1.65. The number of aryl methyl sites for hydroxylation is 1. The quantitative estimate of drug-likeness (QED) is 0.826. The number of nitrogens with zero attached hydrogens (tertiary/aromatic N) is 2. The number of hydrogen-bond acceptors (Lipinski definition) is 5. The lowest BCUT2D eigenvalue weighted by Gasteiger charge is -2.41. The number of rotatable bonds is 4. The fourth-order valence-electron chi connectivity index (χ4n) is 2.72. The van der Waals surface area contributed by atoms with E-state index in [9.17, 15) is 4.79 Å². The van der Waals surface area contributed by atoms with Crippen molar-refractivity contribution in [2.75, 3.05) is 13.1 Å². The third-order valence-electron chi connectivity index (χ3n) is 4.16. The van der Waals surface area contributed by atoms with Crippen LogP contribution >= 0.6 is 11.3 Å². The van der Waals surface area contributed by atoms with Gasteiger partial charge in [-0.15, -0.1) is 11.3 Å². The molecule has 0 radical (unpaired) electrons. The van der Waals surface area contributed by atoms with E-state index in [0.29, 0.717) is 19.7 Å². The Kier molecular flexibility index (Phi) is 5.68. The Hall–Kier alpha value is -1.14. The van der Waals surface area contributed by atoms with Gasteiger partial charge in [0.2, 0.25) is 0 Å². The highest BCUT2D eigenvalue weighted by molar-refractivity contribution is 7.09. The van der Waals surface area contributed by atoms with Crippen LogP contribution in [0.3, 0.4) is 0 Å². The minimum absolute atomic E-state index is 0.157. The minimum Gasteiger partial charge on any atom is -0.444 e. The first-order valence-electron chi connectivity index (χ1n) is 8.26. The zero-order chi connectivity index (χ0) is 17.1. The molecule has 0 aromatic carbocycles. The number of aromatic nitrogens is 1. The standard InChI is InChI=1S/C17H28N2O3S/c1-6-17(21-11-14-12-23-13(2)18-14)7-9-19(10-8-17)15(20)22-16(3,4)5/h12H,6-11H2,1-5H3. The van der Waals surface area contributed by atoms with Crippen LogP contribution in [0.5, 0.6) is 0 Å². The van der Waals surface area contributed by atoms with Gasteiger partial charge in [-0.2, -0.15) is 0 Å². The summed E-state index contributed by atoms with van der Waals surface area (Å²) in [7, 11) is 0. The van der Waals surface area contributed by atoms with Crippen LogP contribution in [-0.2, 0) is 16.1 Å². The smallest absolute Gasteiger partial charge is 0.410 e. The van der Waals surface area contributed by atoms with Gasteiger partial charge in [-0.1, -0.05) is 6.92 Å². The molecule has 0 aliphatic carbocycles. The first kappa shape index (κ1) is 18.2. The Morgan fingerprint density at radius 1 is 1.39 bits per heavy atom. The van der Waals surface area contributed by atoms with Crippen molar-refractivity contribution in [1.29, 1.82) is 0 Å². The molecule has 0 spiro atoms. The summed E-state index contributed by atoms with van der Waals surface area (Å²) in [5, 5.41) is 3.11. The maximum Gasteiger partial charge on any atom is 0.410 e. The van der Waals surface area contributed by atoms with Gasteiger partial charge >= 0.3 is 6.09 Å². The molecule has 1 fully saturated rings. The van der Waals surface area contributed by atoms with E-state index >= 15 is 0 Å². The Morgan fingerprint density at radius 3 is 2.52 bits per heavy atom. The number of carbonyl (C=O) groups is 1. The van der Waals surface area contributed by atoms with Crippen molar-refractivity contribution < 1.29 is 14.3 Å². The third-order valence-corrected chi connectivity index (χ3v) is 4.99. The van der Waals surface area contributed by atoms with Gasteiger partial charge in [-0.25, -0.2) is 9.78 Å². The number of amides is 1. The maximum atomic E-state index is 12.1. The minimum atomic E-state index is -0.449. The Bertz CT molecular complexity index is 528. The maximum absolute atomic E-state index is 12.1. The normalized spacial score (nSPS) is 18.0. The average molecular weight is 340 g/mol. The molecule has 6 heteroatoms. The average Bonchev–Trinajstić information content (AvgIpc) is 2.89. The molecule has 1 aliphatic heterocycles. The lowest BCUT2D eigenvalue weighted by Crippen LogP contribution is -2.49. The monoisotopic (exact) mass is 340 g/mol. The third kappa shape index (κ3) is 5.18. The van der Waals surface area contributed by atoms with Gasteiger partial charge < -0.3 is 14.4 Å². The SMILES string of the molecule is CCC1(OCc2csc(C)n2)CCN(C(=O)OC(C)(C)C)CC1. The molecule has 1 aromatic heterocycles. The van der Waals surface area contributed by atoms with E-state index in [1.54, 1.807) is 16.2 Å². The molecule has 0 atom stereocenters. The fourth-order valence-corrected chi connectivity index (χ4v) is 3.32. The van der Waals surface area contributed by atoms with Crippen LogP contribution < -0.4 is 0 Å². The van der Waals surface area contributed by atoms with E-state index in [-0.39, 0.29) is 11.7 Å². The van der Waals surface area contributed by atoms with E-state index in [0.717, 1.165) is 30.0 Å². The van der Waals surface area contributed by atoms with E-state index < -0.39 is 5.60 Å². The van der Waals surface area contributed by atoms with Gasteiger partial charge in [-0.05, 0) is 47.0 Å². The van der Waals surface area contributed by atoms with Crippen LogP contribution in [0, 0.1) is 6.92 Å². The number of thiazole rings is 1. The number of piperidine rings is 1. The molecular weight excluding hydrogens is 312 g/mol. The molecule has 0 N–H and O–H groups in total. The predicted molar refractivity (Wildman–Crippen MR) is 91.7 cm³/mol. The van der Waals surface area contributed by atoms with Crippen LogP contribution in [0.4, 0.5) is 4.79 Å². The van der Waals surface area contributed by atoms with E-state index in [2.05, 4.69) is 17.3 Å². The molecule has 0 unspecified atom stereocenters. The number of ether oxygens (including phenoxy) is 2. The first-order chi connectivity index (χ1) is 10.7. The molecule has 0 saturated carbocycles. The van der Waals surface area contributed by atoms with Crippen molar-refractivity contribution in [2.24, 2.45) is 0 Å². The fraction of sp³-hybridized carbons (Fsp3) is 0.765. The number of likely N-dealkylation sites (tertiary alicyclic amines) is 1.